The van der Waals surface area contributed by atoms with Gasteiger partial charge in [-0.25, -0.2) is 14.6 Å². The lowest BCUT2D eigenvalue weighted by Gasteiger charge is -2.34. The molecule has 0 aliphatic carbocycles. The molecule has 41 heavy (non-hydrogen) atoms. The standard InChI is InChI=1S/C34H23BrN2O4/c35-25-18-15-23(16-19-25)22-41-31-20-17-24-9-7-8-14-28(24)29(31)21-30-32(38)36(26-10-3-1-4-11-26)34(40)37(33(30)39)27-12-5-2-6-13-27/h1-21H,22H2. The maximum atomic E-state index is 13.9. The number of carbonyl (C=O) groups is 3. The van der Waals surface area contributed by atoms with Gasteiger partial charge in [-0.1, -0.05) is 94.8 Å². The predicted molar refractivity (Wildman–Crippen MR) is 164 cm³/mol. The number of nitrogens with zero attached hydrogens (tertiary/aromatic N) is 2. The van der Waals surface area contributed by atoms with Crippen LogP contribution < -0.4 is 14.5 Å². The van der Waals surface area contributed by atoms with Crippen LogP contribution in [0.3, 0.4) is 0 Å². The molecule has 1 aliphatic heterocycles. The number of para-hydroxylation sites is 2. The first-order valence-electron chi connectivity index (χ1n) is 12.9. The molecular formula is C34H23BrN2O4. The lowest BCUT2D eigenvalue weighted by atomic mass is 9.99. The van der Waals surface area contributed by atoms with Gasteiger partial charge in [0.15, 0.2) is 0 Å². The zero-order valence-corrected chi connectivity index (χ0v) is 23.3. The average molecular weight is 603 g/mol. The van der Waals surface area contributed by atoms with Crippen LogP contribution in [-0.2, 0) is 16.2 Å². The fourth-order valence-electron chi connectivity index (χ4n) is 4.78. The van der Waals surface area contributed by atoms with Crippen molar-refractivity contribution in [3.8, 4) is 5.75 Å². The molecule has 0 radical (unpaired) electrons. The number of urea groups is 1. The van der Waals surface area contributed by atoms with Gasteiger partial charge in [0.1, 0.15) is 17.9 Å². The Kier molecular flexibility index (Phi) is 7.18. The third-order valence-electron chi connectivity index (χ3n) is 6.81. The maximum absolute atomic E-state index is 13.9. The highest BCUT2D eigenvalue weighted by Crippen LogP contribution is 2.34. The summed E-state index contributed by atoms with van der Waals surface area (Å²) in [6.45, 7) is 0.286. The van der Waals surface area contributed by atoms with Gasteiger partial charge in [0.25, 0.3) is 11.8 Å². The Labute approximate surface area is 245 Å². The van der Waals surface area contributed by atoms with E-state index in [0.717, 1.165) is 30.6 Å². The van der Waals surface area contributed by atoms with Crippen molar-refractivity contribution in [3.63, 3.8) is 0 Å². The highest BCUT2D eigenvalue weighted by atomic mass is 79.9. The Balaban J connectivity index is 1.50. The van der Waals surface area contributed by atoms with E-state index in [1.54, 1.807) is 66.7 Å². The summed E-state index contributed by atoms with van der Waals surface area (Å²) in [6.07, 6.45) is 1.54. The van der Waals surface area contributed by atoms with E-state index in [0.29, 0.717) is 22.7 Å². The molecule has 0 N–H and O–H groups in total. The Bertz CT molecular complexity index is 1740. The van der Waals surface area contributed by atoms with E-state index in [2.05, 4.69) is 15.9 Å². The van der Waals surface area contributed by atoms with Crippen LogP contribution in [0.5, 0.6) is 5.75 Å². The van der Waals surface area contributed by atoms with Gasteiger partial charge in [0.05, 0.1) is 11.4 Å². The van der Waals surface area contributed by atoms with Gasteiger partial charge < -0.3 is 4.74 Å². The van der Waals surface area contributed by atoms with Crippen molar-refractivity contribution >= 4 is 62.0 Å². The second kappa shape index (κ2) is 11.2. The van der Waals surface area contributed by atoms with Crippen LogP contribution >= 0.6 is 15.9 Å². The summed E-state index contributed by atoms with van der Waals surface area (Å²) in [4.78, 5) is 43.6. The summed E-state index contributed by atoms with van der Waals surface area (Å²) < 4.78 is 7.22. The Morgan fingerprint density at radius 2 is 1.20 bits per heavy atom. The quantitative estimate of drug-likeness (QED) is 0.147. The summed E-state index contributed by atoms with van der Waals surface area (Å²) >= 11 is 3.45. The van der Waals surface area contributed by atoms with E-state index in [4.69, 9.17) is 4.74 Å². The van der Waals surface area contributed by atoms with E-state index in [-0.39, 0.29) is 12.2 Å². The first-order chi connectivity index (χ1) is 20.0. The number of carbonyl (C=O) groups excluding carboxylic acids is 3. The van der Waals surface area contributed by atoms with Crippen LogP contribution in [0.1, 0.15) is 11.1 Å². The minimum Gasteiger partial charge on any atom is -0.488 e. The Morgan fingerprint density at radius 3 is 1.80 bits per heavy atom. The van der Waals surface area contributed by atoms with Crippen molar-refractivity contribution in [2.24, 2.45) is 0 Å². The fourth-order valence-corrected chi connectivity index (χ4v) is 5.04. The first-order valence-corrected chi connectivity index (χ1v) is 13.7. The summed E-state index contributed by atoms with van der Waals surface area (Å²) in [6, 6.07) is 35.7. The topological polar surface area (TPSA) is 66.9 Å². The average Bonchev–Trinajstić information content (AvgIpc) is 3.00. The van der Waals surface area contributed by atoms with Crippen molar-refractivity contribution in [3.05, 3.63) is 143 Å². The zero-order valence-electron chi connectivity index (χ0n) is 21.7. The minimum absolute atomic E-state index is 0.151. The number of anilines is 2. The van der Waals surface area contributed by atoms with E-state index < -0.39 is 17.8 Å². The molecule has 0 atom stereocenters. The number of ether oxygens (including phenoxy) is 1. The highest BCUT2D eigenvalue weighted by molar-refractivity contribution is 9.10. The summed E-state index contributed by atoms with van der Waals surface area (Å²) in [5.41, 5.74) is 2.12. The fraction of sp³-hybridized carbons (Fsp3) is 0.0294. The largest absolute Gasteiger partial charge is 0.488 e. The normalized spacial score (nSPS) is 13.6. The van der Waals surface area contributed by atoms with Crippen LogP contribution in [-0.4, -0.2) is 17.8 Å². The van der Waals surface area contributed by atoms with Gasteiger partial charge >= 0.3 is 6.03 Å². The molecule has 5 aromatic carbocycles. The van der Waals surface area contributed by atoms with Gasteiger partial charge in [0, 0.05) is 10.0 Å². The molecule has 0 aromatic heterocycles. The zero-order chi connectivity index (χ0) is 28.3. The van der Waals surface area contributed by atoms with Crippen molar-refractivity contribution in [1.29, 1.82) is 0 Å². The van der Waals surface area contributed by atoms with Gasteiger partial charge in [-0.05, 0) is 64.9 Å². The van der Waals surface area contributed by atoms with Gasteiger partial charge in [0.2, 0.25) is 0 Å². The van der Waals surface area contributed by atoms with Crippen molar-refractivity contribution < 1.29 is 19.1 Å². The van der Waals surface area contributed by atoms with Crippen molar-refractivity contribution in [2.75, 3.05) is 9.80 Å². The molecule has 5 aromatic rings. The van der Waals surface area contributed by atoms with Crippen molar-refractivity contribution in [1.82, 2.24) is 0 Å². The summed E-state index contributed by atoms with van der Waals surface area (Å²) in [5.74, 6) is -0.899. The molecule has 0 unspecified atom stereocenters. The summed E-state index contributed by atoms with van der Waals surface area (Å²) in [7, 11) is 0. The number of amides is 4. The molecule has 0 saturated carbocycles. The van der Waals surface area contributed by atoms with Crippen LogP contribution in [0.25, 0.3) is 16.8 Å². The Hall–Kier alpha value is -5.01. The molecule has 6 rings (SSSR count). The third-order valence-corrected chi connectivity index (χ3v) is 7.33. The lowest BCUT2D eigenvalue weighted by Crippen LogP contribution is -2.57. The van der Waals surface area contributed by atoms with E-state index in [1.165, 1.54) is 0 Å². The number of barbiturate groups is 1. The van der Waals surface area contributed by atoms with E-state index in [1.807, 2.05) is 60.7 Å². The minimum atomic E-state index is -0.737. The number of benzene rings is 5. The Morgan fingerprint density at radius 1 is 0.634 bits per heavy atom. The molecule has 0 bridgehead atoms. The number of halogens is 1. The van der Waals surface area contributed by atoms with Gasteiger partial charge in [-0.3, -0.25) is 9.59 Å². The lowest BCUT2D eigenvalue weighted by molar-refractivity contribution is -0.121. The van der Waals surface area contributed by atoms with Crippen LogP contribution in [0.2, 0.25) is 0 Å². The third kappa shape index (κ3) is 5.15. The molecule has 1 aliphatic rings. The molecular weight excluding hydrogens is 580 g/mol. The molecule has 1 heterocycles. The first kappa shape index (κ1) is 26.2. The summed E-state index contributed by atoms with van der Waals surface area (Å²) in [5, 5.41) is 1.73. The van der Waals surface area contributed by atoms with Crippen LogP contribution in [0.15, 0.2) is 131 Å². The second-order valence-corrected chi connectivity index (χ2v) is 10.3. The smallest absolute Gasteiger partial charge is 0.343 e. The highest BCUT2D eigenvalue weighted by Gasteiger charge is 2.43. The number of hydrogen-bond acceptors (Lipinski definition) is 4. The van der Waals surface area contributed by atoms with Crippen molar-refractivity contribution in [2.45, 2.75) is 6.61 Å². The molecule has 1 fully saturated rings. The number of fused-ring (bicyclic) bond motifs is 1. The molecule has 1 saturated heterocycles. The predicted octanol–water partition coefficient (Wildman–Crippen LogP) is 7.76. The monoisotopic (exact) mass is 602 g/mol. The second-order valence-electron chi connectivity index (χ2n) is 9.41. The SMILES string of the molecule is O=C1C(=Cc2c(OCc3ccc(Br)cc3)ccc3ccccc23)C(=O)N(c2ccccc2)C(=O)N1c1ccccc1. The van der Waals surface area contributed by atoms with Crippen LogP contribution in [0, 0.1) is 0 Å². The molecule has 0 spiro atoms. The molecule has 4 amide bonds. The van der Waals surface area contributed by atoms with E-state index >= 15 is 0 Å². The number of hydrogen-bond donors (Lipinski definition) is 0. The van der Waals surface area contributed by atoms with Gasteiger partial charge in [-0.2, -0.15) is 0 Å². The van der Waals surface area contributed by atoms with E-state index in [9.17, 15) is 14.4 Å². The van der Waals surface area contributed by atoms with Gasteiger partial charge in [-0.15, -0.1) is 0 Å². The molecule has 200 valence electrons. The number of rotatable bonds is 6. The number of imide groups is 2. The molecule has 7 heteroatoms. The van der Waals surface area contributed by atoms with Crippen LogP contribution in [0.4, 0.5) is 16.2 Å². The maximum Gasteiger partial charge on any atom is 0.343 e. The molecule has 6 nitrogen and oxygen atoms in total.